The topological polar surface area (TPSA) is 12.0 Å². The van der Waals surface area contributed by atoms with Crippen LogP contribution in [0.4, 0.5) is 5.69 Å². The zero-order valence-electron chi connectivity index (χ0n) is 8.72. The van der Waals surface area contributed by atoms with Crippen molar-refractivity contribution in [2.24, 2.45) is 0 Å². The fraction of sp³-hybridized carbons (Fsp3) is 0.455. The van der Waals surface area contributed by atoms with E-state index in [1.165, 1.54) is 17.9 Å². The van der Waals surface area contributed by atoms with Gasteiger partial charge in [0.1, 0.15) is 0 Å². The molecule has 0 aliphatic rings. The summed E-state index contributed by atoms with van der Waals surface area (Å²) in [5.41, 5.74) is 1.07. The second-order valence-corrected chi connectivity index (χ2v) is 5.79. The Balaban J connectivity index is 2.33. The van der Waals surface area contributed by atoms with Crippen molar-refractivity contribution in [3.63, 3.8) is 0 Å². The standard InChI is InChI=1S/C11H15BrClNS/c1-2-15-7-3-6-14-11-8-9(13)4-5-10(11)12/h4-5,8,14H,2-3,6-7H2,1H3. The number of anilines is 1. The molecule has 0 radical (unpaired) electrons. The average Bonchev–Trinajstić information content (AvgIpc) is 2.23. The first kappa shape index (κ1) is 13.2. The van der Waals surface area contributed by atoms with Crippen molar-refractivity contribution < 1.29 is 0 Å². The molecule has 0 heterocycles. The first-order valence-electron chi connectivity index (χ1n) is 5.00. The maximum atomic E-state index is 5.91. The summed E-state index contributed by atoms with van der Waals surface area (Å²) in [4.78, 5) is 0. The summed E-state index contributed by atoms with van der Waals surface area (Å²) >= 11 is 11.4. The van der Waals surface area contributed by atoms with Crippen LogP contribution in [0, 0.1) is 0 Å². The Bertz CT molecular complexity index is 307. The van der Waals surface area contributed by atoms with Crippen LogP contribution in [0.15, 0.2) is 22.7 Å². The molecular weight excluding hydrogens is 294 g/mol. The second-order valence-electron chi connectivity index (χ2n) is 3.10. The molecule has 0 aromatic heterocycles. The van der Waals surface area contributed by atoms with Gasteiger partial charge in [-0.1, -0.05) is 18.5 Å². The summed E-state index contributed by atoms with van der Waals surface area (Å²) in [7, 11) is 0. The van der Waals surface area contributed by atoms with Gasteiger partial charge in [-0.2, -0.15) is 11.8 Å². The van der Waals surface area contributed by atoms with Crippen LogP contribution in [0.25, 0.3) is 0 Å². The van der Waals surface area contributed by atoms with E-state index in [0.717, 1.165) is 21.7 Å². The van der Waals surface area contributed by atoms with E-state index in [-0.39, 0.29) is 0 Å². The van der Waals surface area contributed by atoms with Gasteiger partial charge >= 0.3 is 0 Å². The lowest BCUT2D eigenvalue weighted by Gasteiger charge is -2.08. The van der Waals surface area contributed by atoms with Crippen molar-refractivity contribution in [1.82, 2.24) is 0 Å². The monoisotopic (exact) mass is 307 g/mol. The molecule has 0 saturated carbocycles. The summed E-state index contributed by atoms with van der Waals surface area (Å²) in [6, 6.07) is 5.79. The smallest absolute Gasteiger partial charge is 0.0499 e. The first-order valence-corrected chi connectivity index (χ1v) is 7.33. The largest absolute Gasteiger partial charge is 0.384 e. The van der Waals surface area contributed by atoms with E-state index in [1.54, 1.807) is 0 Å². The molecule has 4 heteroatoms. The van der Waals surface area contributed by atoms with Gasteiger partial charge in [0.15, 0.2) is 0 Å². The van der Waals surface area contributed by atoms with Crippen molar-refractivity contribution in [3.8, 4) is 0 Å². The molecule has 0 atom stereocenters. The van der Waals surface area contributed by atoms with E-state index in [9.17, 15) is 0 Å². The van der Waals surface area contributed by atoms with Crippen LogP contribution in [0.5, 0.6) is 0 Å². The third kappa shape index (κ3) is 5.14. The van der Waals surface area contributed by atoms with E-state index >= 15 is 0 Å². The summed E-state index contributed by atoms with van der Waals surface area (Å²) in [5.74, 6) is 2.41. The predicted octanol–water partition coefficient (Wildman–Crippen LogP) is 4.66. The van der Waals surface area contributed by atoms with Crippen molar-refractivity contribution in [2.75, 3.05) is 23.4 Å². The Hall–Kier alpha value is 0.140. The van der Waals surface area contributed by atoms with E-state index in [1.807, 2.05) is 30.0 Å². The number of hydrogen-bond donors (Lipinski definition) is 1. The Kier molecular flexibility index (Phi) is 6.53. The lowest BCUT2D eigenvalue weighted by atomic mass is 10.3. The van der Waals surface area contributed by atoms with Gasteiger partial charge in [-0.05, 0) is 52.1 Å². The second kappa shape index (κ2) is 7.42. The SMILES string of the molecule is CCSCCCNc1cc(Cl)ccc1Br. The van der Waals surface area contributed by atoms with Crippen molar-refractivity contribution in [3.05, 3.63) is 27.7 Å². The van der Waals surface area contributed by atoms with Gasteiger partial charge in [0.25, 0.3) is 0 Å². The highest BCUT2D eigenvalue weighted by Crippen LogP contribution is 2.25. The molecule has 0 spiro atoms. The number of nitrogens with one attached hydrogen (secondary N) is 1. The summed E-state index contributed by atoms with van der Waals surface area (Å²) in [6.07, 6.45) is 1.18. The van der Waals surface area contributed by atoms with Crippen LogP contribution in [0.2, 0.25) is 5.02 Å². The van der Waals surface area contributed by atoms with E-state index in [0.29, 0.717) is 0 Å². The molecule has 0 amide bonds. The molecule has 0 fully saturated rings. The average molecular weight is 309 g/mol. The highest BCUT2D eigenvalue weighted by Gasteiger charge is 1.99. The predicted molar refractivity (Wildman–Crippen MR) is 75.3 cm³/mol. The Labute approximate surface area is 109 Å². The van der Waals surface area contributed by atoms with E-state index < -0.39 is 0 Å². The summed E-state index contributed by atoms with van der Waals surface area (Å²) in [5, 5.41) is 4.14. The zero-order chi connectivity index (χ0) is 11.1. The van der Waals surface area contributed by atoms with Crippen LogP contribution in [0.1, 0.15) is 13.3 Å². The van der Waals surface area contributed by atoms with Crippen molar-refractivity contribution >= 4 is 45.0 Å². The van der Waals surface area contributed by atoms with E-state index in [2.05, 4.69) is 28.2 Å². The number of halogens is 2. The van der Waals surface area contributed by atoms with Crippen LogP contribution in [0.3, 0.4) is 0 Å². The van der Waals surface area contributed by atoms with E-state index in [4.69, 9.17) is 11.6 Å². The zero-order valence-corrected chi connectivity index (χ0v) is 11.9. The molecule has 15 heavy (non-hydrogen) atoms. The Morgan fingerprint density at radius 2 is 2.27 bits per heavy atom. The van der Waals surface area contributed by atoms with Crippen LogP contribution >= 0.6 is 39.3 Å². The number of thioether (sulfide) groups is 1. The third-order valence-electron chi connectivity index (χ3n) is 1.91. The van der Waals surface area contributed by atoms with Gasteiger partial charge < -0.3 is 5.32 Å². The third-order valence-corrected chi connectivity index (χ3v) is 3.83. The minimum atomic E-state index is 0.767. The number of benzene rings is 1. The van der Waals surface area contributed by atoms with Gasteiger partial charge in [0.2, 0.25) is 0 Å². The Morgan fingerprint density at radius 3 is 3.00 bits per heavy atom. The molecule has 0 saturated heterocycles. The quantitative estimate of drug-likeness (QED) is 0.767. The van der Waals surface area contributed by atoms with Gasteiger partial charge in [0.05, 0.1) is 0 Å². The highest BCUT2D eigenvalue weighted by molar-refractivity contribution is 9.10. The lowest BCUT2D eigenvalue weighted by molar-refractivity contribution is 0.991. The number of rotatable bonds is 6. The fourth-order valence-electron chi connectivity index (χ4n) is 1.17. The molecule has 0 bridgehead atoms. The summed E-state index contributed by atoms with van der Waals surface area (Å²) in [6.45, 7) is 3.18. The highest BCUT2D eigenvalue weighted by atomic mass is 79.9. The molecule has 0 aliphatic heterocycles. The fourth-order valence-corrected chi connectivity index (χ4v) is 2.37. The maximum Gasteiger partial charge on any atom is 0.0499 e. The normalized spacial score (nSPS) is 10.3. The number of hydrogen-bond acceptors (Lipinski definition) is 2. The molecule has 84 valence electrons. The molecule has 1 rings (SSSR count). The van der Waals surface area contributed by atoms with Gasteiger partial charge in [-0.15, -0.1) is 0 Å². The molecule has 1 aromatic carbocycles. The minimum absolute atomic E-state index is 0.767. The molecule has 1 aromatic rings. The Morgan fingerprint density at radius 1 is 1.47 bits per heavy atom. The van der Waals surface area contributed by atoms with Crippen LogP contribution in [-0.2, 0) is 0 Å². The molecule has 0 unspecified atom stereocenters. The van der Waals surface area contributed by atoms with Crippen LogP contribution in [-0.4, -0.2) is 18.1 Å². The van der Waals surface area contributed by atoms with Gasteiger partial charge in [-0.3, -0.25) is 0 Å². The van der Waals surface area contributed by atoms with Crippen molar-refractivity contribution in [2.45, 2.75) is 13.3 Å². The molecular formula is C11H15BrClNS. The maximum absolute atomic E-state index is 5.91. The van der Waals surface area contributed by atoms with Crippen molar-refractivity contribution in [1.29, 1.82) is 0 Å². The van der Waals surface area contributed by atoms with Gasteiger partial charge in [-0.25, -0.2) is 0 Å². The molecule has 1 N–H and O–H groups in total. The minimum Gasteiger partial charge on any atom is -0.384 e. The van der Waals surface area contributed by atoms with Gasteiger partial charge in [0, 0.05) is 21.7 Å². The summed E-state index contributed by atoms with van der Waals surface area (Å²) < 4.78 is 1.06. The lowest BCUT2D eigenvalue weighted by Crippen LogP contribution is -2.03. The first-order chi connectivity index (χ1) is 7.24. The molecule has 1 nitrogen and oxygen atoms in total. The van der Waals surface area contributed by atoms with Crippen LogP contribution < -0.4 is 5.32 Å². The molecule has 0 aliphatic carbocycles.